The maximum atomic E-state index is 12.9. The Morgan fingerprint density at radius 2 is 2.28 bits per heavy atom. The van der Waals surface area contributed by atoms with Crippen LogP contribution in [0, 0.1) is 6.92 Å². The SMILES string of the molecule is CCCn1cc(C(=O)N2CCc3nc(-c4cn[nH]c4)[nH]c3C2)c(C)n1. The monoisotopic (exact) mass is 339 g/mol. The topological polar surface area (TPSA) is 95.5 Å². The van der Waals surface area contributed by atoms with Gasteiger partial charge in [-0.3, -0.25) is 14.6 Å². The number of carbonyl (C=O) groups excluding carboxylic acids is 1. The summed E-state index contributed by atoms with van der Waals surface area (Å²) in [7, 11) is 0. The third kappa shape index (κ3) is 2.84. The first-order chi connectivity index (χ1) is 12.2. The van der Waals surface area contributed by atoms with E-state index in [1.54, 1.807) is 12.4 Å². The minimum atomic E-state index is 0.0324. The van der Waals surface area contributed by atoms with Crippen LogP contribution >= 0.6 is 0 Å². The molecule has 4 heterocycles. The summed E-state index contributed by atoms with van der Waals surface area (Å²) in [6, 6.07) is 0. The van der Waals surface area contributed by atoms with Crippen LogP contribution in [0.25, 0.3) is 11.4 Å². The van der Waals surface area contributed by atoms with Crippen LogP contribution in [0.3, 0.4) is 0 Å². The van der Waals surface area contributed by atoms with E-state index in [1.165, 1.54) is 0 Å². The molecule has 0 unspecified atom stereocenters. The number of imidazole rings is 1. The fourth-order valence-corrected chi connectivity index (χ4v) is 3.23. The normalized spacial score (nSPS) is 13.9. The molecule has 0 fully saturated rings. The number of hydrogen-bond donors (Lipinski definition) is 2. The van der Waals surface area contributed by atoms with Crippen LogP contribution in [-0.4, -0.2) is 47.3 Å². The second-order valence-corrected chi connectivity index (χ2v) is 6.37. The standard InChI is InChI=1S/C17H21N7O/c1-3-5-24-9-13(11(2)22-24)17(25)23-6-4-14-15(10-23)21-16(20-14)12-7-18-19-8-12/h7-9H,3-6,10H2,1-2H3,(H,18,19)(H,20,21). The number of fused-ring (bicyclic) bond motifs is 1. The summed E-state index contributed by atoms with van der Waals surface area (Å²) in [5.41, 5.74) is 4.41. The van der Waals surface area contributed by atoms with Gasteiger partial charge in [-0.15, -0.1) is 0 Å². The molecule has 3 aromatic rings. The van der Waals surface area contributed by atoms with Gasteiger partial charge in [0.05, 0.1) is 41.0 Å². The van der Waals surface area contributed by atoms with Gasteiger partial charge in [0.2, 0.25) is 0 Å². The Morgan fingerprint density at radius 3 is 3.04 bits per heavy atom. The second-order valence-electron chi connectivity index (χ2n) is 6.37. The van der Waals surface area contributed by atoms with Gasteiger partial charge in [0.25, 0.3) is 5.91 Å². The predicted octanol–water partition coefficient (Wildman–Crippen LogP) is 1.91. The summed E-state index contributed by atoms with van der Waals surface area (Å²) < 4.78 is 1.85. The van der Waals surface area contributed by atoms with Crippen LogP contribution < -0.4 is 0 Å². The summed E-state index contributed by atoms with van der Waals surface area (Å²) in [5, 5.41) is 11.2. The molecule has 1 aliphatic heterocycles. The number of H-pyrrole nitrogens is 2. The molecule has 0 aliphatic carbocycles. The molecule has 2 N–H and O–H groups in total. The summed E-state index contributed by atoms with van der Waals surface area (Å²) in [5.74, 6) is 0.824. The average Bonchev–Trinajstić information content (AvgIpc) is 3.33. The Morgan fingerprint density at radius 1 is 1.40 bits per heavy atom. The number of aryl methyl sites for hydroxylation is 2. The molecule has 130 valence electrons. The zero-order valence-electron chi connectivity index (χ0n) is 14.4. The fourth-order valence-electron chi connectivity index (χ4n) is 3.23. The van der Waals surface area contributed by atoms with Crippen LogP contribution in [0.15, 0.2) is 18.6 Å². The Bertz CT molecular complexity index is 890. The number of aromatic amines is 2. The molecule has 8 nitrogen and oxygen atoms in total. The number of amides is 1. The van der Waals surface area contributed by atoms with Crippen molar-refractivity contribution >= 4 is 5.91 Å². The van der Waals surface area contributed by atoms with Crippen molar-refractivity contribution in [3.8, 4) is 11.4 Å². The van der Waals surface area contributed by atoms with Gasteiger partial charge >= 0.3 is 0 Å². The van der Waals surface area contributed by atoms with E-state index >= 15 is 0 Å². The maximum Gasteiger partial charge on any atom is 0.257 e. The number of carbonyl (C=O) groups is 1. The fraction of sp³-hybridized carbons (Fsp3) is 0.412. The second kappa shape index (κ2) is 6.19. The van der Waals surface area contributed by atoms with Gasteiger partial charge in [0, 0.05) is 31.9 Å². The Hall–Kier alpha value is -2.90. The van der Waals surface area contributed by atoms with E-state index in [2.05, 4.69) is 32.2 Å². The first-order valence-electron chi connectivity index (χ1n) is 8.56. The summed E-state index contributed by atoms with van der Waals surface area (Å²) >= 11 is 0. The van der Waals surface area contributed by atoms with E-state index in [4.69, 9.17) is 0 Å². The van der Waals surface area contributed by atoms with Gasteiger partial charge in [-0.1, -0.05) is 6.92 Å². The number of hydrogen-bond acceptors (Lipinski definition) is 4. The van der Waals surface area contributed by atoms with Crippen molar-refractivity contribution in [2.24, 2.45) is 0 Å². The van der Waals surface area contributed by atoms with Gasteiger partial charge in [-0.2, -0.15) is 10.2 Å². The molecular weight excluding hydrogens is 318 g/mol. The maximum absolute atomic E-state index is 12.9. The molecule has 0 saturated carbocycles. The Balaban J connectivity index is 1.55. The zero-order valence-corrected chi connectivity index (χ0v) is 14.4. The summed E-state index contributed by atoms with van der Waals surface area (Å²) in [4.78, 5) is 22.7. The van der Waals surface area contributed by atoms with Crippen molar-refractivity contribution in [2.45, 2.75) is 39.8 Å². The van der Waals surface area contributed by atoms with Crippen LogP contribution in [-0.2, 0) is 19.5 Å². The van der Waals surface area contributed by atoms with Crippen molar-refractivity contribution < 1.29 is 4.79 Å². The van der Waals surface area contributed by atoms with Crippen molar-refractivity contribution in [3.63, 3.8) is 0 Å². The lowest BCUT2D eigenvalue weighted by molar-refractivity contribution is 0.0731. The van der Waals surface area contributed by atoms with E-state index in [0.29, 0.717) is 18.7 Å². The molecule has 25 heavy (non-hydrogen) atoms. The minimum Gasteiger partial charge on any atom is -0.340 e. The van der Waals surface area contributed by atoms with E-state index in [-0.39, 0.29) is 5.91 Å². The Kier molecular flexibility index (Phi) is 3.87. The minimum absolute atomic E-state index is 0.0324. The van der Waals surface area contributed by atoms with Gasteiger partial charge in [0.15, 0.2) is 0 Å². The van der Waals surface area contributed by atoms with Gasteiger partial charge in [-0.05, 0) is 13.3 Å². The lowest BCUT2D eigenvalue weighted by Crippen LogP contribution is -2.36. The van der Waals surface area contributed by atoms with Crippen LogP contribution in [0.5, 0.6) is 0 Å². The molecule has 0 radical (unpaired) electrons. The predicted molar refractivity (Wildman–Crippen MR) is 91.9 cm³/mol. The van der Waals surface area contributed by atoms with Crippen molar-refractivity contribution in [1.82, 2.24) is 34.8 Å². The first-order valence-corrected chi connectivity index (χ1v) is 8.56. The van der Waals surface area contributed by atoms with Gasteiger partial charge < -0.3 is 9.88 Å². The van der Waals surface area contributed by atoms with Crippen LogP contribution in [0.1, 0.15) is 40.8 Å². The smallest absolute Gasteiger partial charge is 0.257 e. The highest BCUT2D eigenvalue weighted by atomic mass is 16.2. The third-order valence-corrected chi connectivity index (χ3v) is 4.52. The molecule has 0 atom stereocenters. The molecule has 0 spiro atoms. The quantitative estimate of drug-likeness (QED) is 0.759. The molecule has 0 aromatic carbocycles. The summed E-state index contributed by atoms with van der Waals surface area (Å²) in [6.45, 7) is 6.02. The average molecular weight is 339 g/mol. The highest BCUT2D eigenvalue weighted by molar-refractivity contribution is 5.95. The van der Waals surface area contributed by atoms with Crippen molar-refractivity contribution in [2.75, 3.05) is 6.54 Å². The number of nitrogens with zero attached hydrogens (tertiary/aromatic N) is 5. The largest absolute Gasteiger partial charge is 0.340 e. The molecule has 0 saturated heterocycles. The molecule has 1 amide bonds. The lowest BCUT2D eigenvalue weighted by Gasteiger charge is -2.26. The molecular formula is C17H21N7O. The van der Waals surface area contributed by atoms with Gasteiger partial charge in [0.1, 0.15) is 5.82 Å². The van der Waals surface area contributed by atoms with E-state index in [1.807, 2.05) is 22.7 Å². The number of nitrogens with one attached hydrogen (secondary N) is 2. The first kappa shape index (κ1) is 15.6. The molecule has 8 heteroatoms. The van der Waals surface area contributed by atoms with E-state index < -0.39 is 0 Å². The molecule has 1 aliphatic rings. The molecule has 0 bridgehead atoms. The van der Waals surface area contributed by atoms with Crippen molar-refractivity contribution in [3.05, 3.63) is 41.2 Å². The van der Waals surface area contributed by atoms with Gasteiger partial charge in [-0.25, -0.2) is 4.98 Å². The van der Waals surface area contributed by atoms with Crippen molar-refractivity contribution in [1.29, 1.82) is 0 Å². The van der Waals surface area contributed by atoms with Crippen LogP contribution in [0.4, 0.5) is 0 Å². The number of rotatable bonds is 4. The van der Waals surface area contributed by atoms with Crippen LogP contribution in [0.2, 0.25) is 0 Å². The van der Waals surface area contributed by atoms with E-state index in [9.17, 15) is 4.79 Å². The third-order valence-electron chi connectivity index (χ3n) is 4.52. The molecule has 3 aromatic heterocycles. The summed E-state index contributed by atoms with van der Waals surface area (Å²) in [6.07, 6.45) is 7.14. The highest BCUT2D eigenvalue weighted by Crippen LogP contribution is 2.23. The Labute approximate surface area is 145 Å². The zero-order chi connectivity index (χ0) is 17.4. The molecule has 4 rings (SSSR count). The highest BCUT2D eigenvalue weighted by Gasteiger charge is 2.26. The number of aromatic nitrogens is 6. The van der Waals surface area contributed by atoms with E-state index in [0.717, 1.165) is 47.9 Å². The lowest BCUT2D eigenvalue weighted by atomic mass is 10.1.